The molecule has 0 N–H and O–H groups in total. The number of benzene rings is 9. The van der Waals surface area contributed by atoms with E-state index in [0.29, 0.717) is 0 Å². The van der Waals surface area contributed by atoms with E-state index >= 15 is 0 Å². The van der Waals surface area contributed by atoms with Crippen LogP contribution >= 0.6 is 0 Å². The Hall–Kier alpha value is -6.44. The van der Waals surface area contributed by atoms with Crippen LogP contribution in [0.1, 0.15) is 41.1 Å². The van der Waals surface area contributed by atoms with Crippen LogP contribution < -0.4 is 0 Å². The number of hydrogen-bond donors (Lipinski definition) is 0. The molecule has 9 aromatic carbocycles. The highest BCUT2D eigenvalue weighted by Crippen LogP contribution is 2.44. The Labute approximate surface area is 326 Å². The van der Waals surface area contributed by atoms with Gasteiger partial charge in [0.1, 0.15) is 11.2 Å². The summed E-state index contributed by atoms with van der Waals surface area (Å²) in [4.78, 5) is 0. The fourth-order valence-electron chi connectivity index (χ4n) is 5.72. The van der Waals surface area contributed by atoms with Crippen molar-refractivity contribution >= 4 is 54.3 Å². The van der Waals surface area contributed by atoms with Crippen LogP contribution in [0.15, 0.2) is 186 Å². The summed E-state index contributed by atoms with van der Waals surface area (Å²) in [7, 11) is 0. The highest BCUT2D eigenvalue weighted by Gasteiger charge is 2.17. The molecular weight excluding hydrogens is 593 g/mol. The molecule has 1 nitrogen and oxygen atoms in total. The highest BCUT2D eigenvalue weighted by molar-refractivity contribution is 6.21. The molecule has 0 aliphatic heterocycles. The van der Waals surface area contributed by atoms with E-state index < -0.39 is 280 Å². The molecule has 0 radical (unpaired) electrons. The summed E-state index contributed by atoms with van der Waals surface area (Å²) < 4.78 is 274. The van der Waals surface area contributed by atoms with Crippen molar-refractivity contribution < 1.29 is 45.5 Å². The van der Waals surface area contributed by atoms with E-state index in [1.54, 1.807) is 0 Å². The average Bonchev–Trinajstić information content (AvgIpc) is 4.02. The molecule has 1 aromatic heterocycles. The van der Waals surface area contributed by atoms with Crippen LogP contribution in [0, 0.1) is 0 Å². The van der Waals surface area contributed by atoms with Gasteiger partial charge in [0.15, 0.2) is 0 Å². The minimum absolute atomic E-state index is 0.525. The molecule has 0 spiro atoms. The van der Waals surface area contributed by atoms with Crippen molar-refractivity contribution in [3.63, 3.8) is 0 Å². The van der Waals surface area contributed by atoms with Crippen LogP contribution in [0.4, 0.5) is 0 Å². The molecule has 0 aliphatic carbocycles. The molecule has 0 atom stereocenters. The number of rotatable bonds is 4. The van der Waals surface area contributed by atoms with Crippen molar-refractivity contribution in [3.8, 4) is 44.5 Å². The first-order valence-electron chi connectivity index (χ1n) is 29.4. The summed E-state index contributed by atoms with van der Waals surface area (Å²) >= 11 is 0. The first-order valence-corrected chi connectivity index (χ1v) is 14.4. The first kappa shape index (κ1) is 11.1. The lowest BCUT2D eigenvalue weighted by atomic mass is 9.85. The van der Waals surface area contributed by atoms with Gasteiger partial charge in [-0.1, -0.05) is 157 Å². The van der Waals surface area contributed by atoms with Gasteiger partial charge in [-0.25, -0.2) is 0 Å². The minimum Gasteiger partial charge on any atom is -0.455 e. The van der Waals surface area contributed by atoms with Crippen LogP contribution in [0.5, 0.6) is 0 Å². The maximum Gasteiger partial charge on any atom is 0.143 e. The van der Waals surface area contributed by atoms with Crippen molar-refractivity contribution in [1.29, 1.82) is 0 Å². The van der Waals surface area contributed by atoms with Gasteiger partial charge >= 0.3 is 0 Å². The van der Waals surface area contributed by atoms with E-state index in [1.807, 2.05) is 0 Å². The van der Waals surface area contributed by atoms with Crippen molar-refractivity contribution in [2.24, 2.45) is 0 Å². The Bertz CT molecular complexity index is 4460. The first-order chi connectivity index (χ1) is 36.8. The number of para-hydroxylation sites is 1. The van der Waals surface area contributed by atoms with E-state index in [1.165, 1.54) is 0 Å². The summed E-state index contributed by atoms with van der Waals surface area (Å²) in [6.07, 6.45) is 0. The van der Waals surface area contributed by atoms with Crippen LogP contribution in [0.3, 0.4) is 0 Å². The van der Waals surface area contributed by atoms with E-state index in [0.717, 1.165) is 0 Å². The number of fused-ring (bicyclic) bond motifs is 6. The summed E-state index contributed by atoms with van der Waals surface area (Å²) in [6, 6.07) is -28.3. The van der Waals surface area contributed by atoms with Gasteiger partial charge in [-0.3, -0.25) is 0 Å². The Balaban J connectivity index is 1.37. The Morgan fingerprint density at radius 3 is 1.47 bits per heavy atom. The van der Waals surface area contributed by atoms with E-state index in [4.69, 9.17) is 29.1 Å². The summed E-state index contributed by atoms with van der Waals surface area (Å²) in [5.74, 6) is 0. The van der Waals surface area contributed by atoms with Gasteiger partial charge in [0.05, 0.1) is 41.1 Å². The molecule has 10 rings (SSSR count). The smallest absolute Gasteiger partial charge is 0.143 e. The molecule has 49 heavy (non-hydrogen) atoms. The van der Waals surface area contributed by atoms with Crippen LogP contribution in [-0.4, -0.2) is 0 Å². The van der Waals surface area contributed by atoms with Gasteiger partial charge in [-0.15, -0.1) is 0 Å². The second kappa shape index (κ2) is 11.1. The summed E-state index contributed by atoms with van der Waals surface area (Å²) in [5, 5.41) is -5.52. The third-order valence-electron chi connectivity index (χ3n) is 7.81. The summed E-state index contributed by atoms with van der Waals surface area (Å²) in [6.45, 7) is 0. The molecule has 1 heteroatoms. The fourth-order valence-corrected chi connectivity index (χ4v) is 5.72. The van der Waals surface area contributed by atoms with Gasteiger partial charge in [0.25, 0.3) is 0 Å². The predicted molar refractivity (Wildman–Crippen MR) is 208 cm³/mol. The van der Waals surface area contributed by atoms with Gasteiger partial charge in [-0.2, -0.15) is 0 Å². The molecule has 1 heterocycles. The molecule has 0 aliphatic rings. The Morgan fingerprint density at radius 2 is 0.816 bits per heavy atom. The molecule has 10 aromatic rings. The molecular formula is C48H30O. The molecule has 0 fully saturated rings. The third kappa shape index (κ3) is 4.47. The van der Waals surface area contributed by atoms with Crippen LogP contribution in [0.25, 0.3) is 98.8 Å². The van der Waals surface area contributed by atoms with Gasteiger partial charge in [0, 0.05) is 16.3 Å². The molecule has 0 amide bonds. The zero-order valence-electron chi connectivity index (χ0n) is 54.4. The topological polar surface area (TPSA) is 13.1 Å². The molecule has 0 saturated heterocycles. The second-order valence-electron chi connectivity index (χ2n) is 10.5. The standard InChI is InChI=1S/C48H30O/c1-3-12-31(13-4-1)38-20-11-21-43-44-30-36(26-27-45(44)49-48(38)43)34-22-23-35-29-37(25-24-33(35)28-34)47-41-18-9-7-16-39(41)46(32-14-5-2-6-15-32)40-17-8-10-19-42(40)47/h1-30H/i1D,2D,3D,4D,5D,6D,7D,8D,9D,10D,11D,12D,13D,14D,15D,16D,17D,18D,19D,20D,21D,22D,23D,24D,25D,26D,27D,28D,29D,30D. The van der Waals surface area contributed by atoms with E-state index in [2.05, 4.69) is 0 Å². The van der Waals surface area contributed by atoms with Crippen molar-refractivity contribution in [2.45, 2.75) is 0 Å². The zero-order valence-corrected chi connectivity index (χ0v) is 24.4. The maximum atomic E-state index is 9.76. The van der Waals surface area contributed by atoms with Crippen LogP contribution in [-0.2, 0) is 0 Å². The molecule has 0 unspecified atom stereocenters. The summed E-state index contributed by atoms with van der Waals surface area (Å²) in [5.41, 5.74) is -7.14. The predicted octanol–water partition coefficient (Wildman–Crippen LogP) is 13.7. The van der Waals surface area contributed by atoms with E-state index in [9.17, 15) is 16.4 Å². The van der Waals surface area contributed by atoms with Gasteiger partial charge < -0.3 is 4.42 Å². The molecule has 0 bridgehead atoms. The largest absolute Gasteiger partial charge is 0.455 e. The number of furan rings is 1. The van der Waals surface area contributed by atoms with Crippen molar-refractivity contribution in [1.82, 2.24) is 0 Å². The number of hydrogen-bond acceptors (Lipinski definition) is 1. The molecule has 0 saturated carbocycles. The lowest BCUT2D eigenvalue weighted by molar-refractivity contribution is 0.670. The third-order valence-corrected chi connectivity index (χ3v) is 7.81. The molecule has 228 valence electrons. The second-order valence-corrected chi connectivity index (χ2v) is 10.5. The lowest BCUT2D eigenvalue weighted by Gasteiger charge is -2.18. The van der Waals surface area contributed by atoms with Crippen molar-refractivity contribution in [3.05, 3.63) is 181 Å². The quantitative estimate of drug-likeness (QED) is 0.172. The Morgan fingerprint density at radius 1 is 0.327 bits per heavy atom. The highest BCUT2D eigenvalue weighted by atomic mass is 16.3. The fraction of sp³-hybridized carbons (Fsp3) is 0. The lowest BCUT2D eigenvalue weighted by Crippen LogP contribution is -1.90. The SMILES string of the molecule is [2H]c1c([2H])c([2H])c(-c2c([2H])c([2H])c([2H])c3c2oc2c([2H])c([2H])c(-c4c([2H])c([2H])c5c([2H])c(-c6c7c([2H])c([2H])c([2H])c([2H])c7c(-c7c([2H])c([2H])c([2H])c([2H])c7[2H])c7c([2H])c([2H])c([2H])c([2H])c67)c([2H])c([2H])c5c4[2H])c([2H])c23)c([2H])c1[2H]. The maximum absolute atomic E-state index is 9.76. The van der Waals surface area contributed by atoms with Gasteiger partial charge in [-0.05, 0) is 95.4 Å². The van der Waals surface area contributed by atoms with E-state index in [-0.39, 0.29) is 0 Å². The van der Waals surface area contributed by atoms with Crippen LogP contribution in [0.2, 0.25) is 0 Å². The minimum atomic E-state index is -1.09. The normalized spacial score (nSPS) is 20.2. The average molecular weight is 653 g/mol. The zero-order chi connectivity index (χ0) is 58.4. The van der Waals surface area contributed by atoms with Crippen molar-refractivity contribution in [2.75, 3.05) is 0 Å². The van der Waals surface area contributed by atoms with Gasteiger partial charge in [0.2, 0.25) is 0 Å². The Kier molecular flexibility index (Phi) is 2.50. The monoisotopic (exact) mass is 652 g/mol.